The second-order valence-electron chi connectivity index (χ2n) is 7.49. The van der Waals surface area contributed by atoms with Crippen molar-refractivity contribution in [1.82, 2.24) is 19.5 Å². The molecule has 4 heterocycles. The molecule has 0 saturated carbocycles. The van der Waals surface area contributed by atoms with Crippen LogP contribution in [0.4, 0.5) is 17.3 Å². The van der Waals surface area contributed by atoms with Gasteiger partial charge < -0.3 is 19.9 Å². The monoisotopic (exact) mass is 418 g/mol. The van der Waals surface area contributed by atoms with Crippen molar-refractivity contribution in [3.8, 4) is 0 Å². The molecular weight excluding hydrogens is 396 g/mol. The fraction of sp³-hybridized carbons (Fsp3) is 0.273. The number of amides is 1. The average Bonchev–Trinajstić information content (AvgIpc) is 3.44. The van der Waals surface area contributed by atoms with E-state index >= 15 is 0 Å². The maximum atomic E-state index is 12.8. The molecule has 0 radical (unpaired) electrons. The maximum absolute atomic E-state index is 12.8. The largest absolute Gasteiger partial charge is 0.368 e. The predicted octanol–water partition coefficient (Wildman–Crippen LogP) is 4.26. The lowest BCUT2D eigenvalue weighted by Gasteiger charge is -2.18. The number of carbonyl (C=O) groups excluding carboxylic acids is 1. The van der Waals surface area contributed by atoms with Crippen molar-refractivity contribution in [2.24, 2.45) is 0 Å². The van der Waals surface area contributed by atoms with Crippen LogP contribution in [-0.4, -0.2) is 32.0 Å². The van der Waals surface area contributed by atoms with Crippen LogP contribution in [0.15, 0.2) is 53.3 Å². The van der Waals surface area contributed by atoms with E-state index in [4.69, 9.17) is 9.26 Å². The van der Waals surface area contributed by atoms with Gasteiger partial charge in [0.1, 0.15) is 17.4 Å². The molecule has 9 heteroatoms. The van der Waals surface area contributed by atoms with Gasteiger partial charge in [-0.1, -0.05) is 12.1 Å². The second-order valence-corrected chi connectivity index (χ2v) is 7.49. The summed E-state index contributed by atoms with van der Waals surface area (Å²) in [6.45, 7) is 2.64. The van der Waals surface area contributed by atoms with E-state index in [1.165, 1.54) is 0 Å². The molecule has 1 saturated heterocycles. The van der Waals surface area contributed by atoms with Crippen LogP contribution in [-0.2, 0) is 4.74 Å². The van der Waals surface area contributed by atoms with Gasteiger partial charge in [0.25, 0.3) is 17.7 Å². The van der Waals surface area contributed by atoms with Gasteiger partial charge in [0.2, 0.25) is 0 Å². The number of benzene rings is 1. The first-order valence-corrected chi connectivity index (χ1v) is 10.2. The first kappa shape index (κ1) is 19.3. The Bertz CT molecular complexity index is 1220. The molecule has 4 aromatic rings. The van der Waals surface area contributed by atoms with E-state index in [1.54, 1.807) is 10.6 Å². The Kier molecular flexibility index (Phi) is 5.09. The zero-order valence-electron chi connectivity index (χ0n) is 17.0. The first-order chi connectivity index (χ1) is 15.2. The van der Waals surface area contributed by atoms with Gasteiger partial charge in [0.15, 0.2) is 0 Å². The predicted molar refractivity (Wildman–Crippen MR) is 114 cm³/mol. The van der Waals surface area contributed by atoms with E-state index in [1.807, 2.05) is 49.5 Å². The van der Waals surface area contributed by atoms with E-state index in [2.05, 4.69) is 25.8 Å². The summed E-state index contributed by atoms with van der Waals surface area (Å²) >= 11 is 0. The summed E-state index contributed by atoms with van der Waals surface area (Å²) in [4.78, 5) is 21.5. The number of fused-ring (bicyclic) bond motifs is 1. The molecule has 1 aromatic carbocycles. The Balaban J connectivity index is 1.32. The molecule has 1 fully saturated rings. The zero-order chi connectivity index (χ0) is 21.2. The van der Waals surface area contributed by atoms with E-state index in [-0.39, 0.29) is 12.0 Å². The number of aryl methyl sites for hydroxylation is 1. The molecule has 31 heavy (non-hydrogen) atoms. The fourth-order valence-corrected chi connectivity index (χ4v) is 3.60. The summed E-state index contributed by atoms with van der Waals surface area (Å²) in [5.41, 5.74) is 3.52. The van der Waals surface area contributed by atoms with Crippen LogP contribution in [0, 0.1) is 6.92 Å². The molecule has 3 aromatic heterocycles. The molecule has 1 atom stereocenters. The van der Waals surface area contributed by atoms with Crippen LogP contribution in [0.3, 0.4) is 0 Å². The number of nitrogens with one attached hydrogen (secondary N) is 2. The van der Waals surface area contributed by atoms with Gasteiger partial charge in [-0.25, -0.2) is 4.98 Å². The van der Waals surface area contributed by atoms with Gasteiger partial charge >= 0.3 is 0 Å². The van der Waals surface area contributed by atoms with Crippen LogP contribution >= 0.6 is 0 Å². The SMILES string of the molecule is Cc1ccc(Nc2noc(C3CCCCO3)n2)cc1NC(=O)c1cnc2ccccn12. The number of nitrogens with zero attached hydrogens (tertiary/aromatic N) is 4. The van der Waals surface area contributed by atoms with Crippen molar-refractivity contribution in [1.29, 1.82) is 0 Å². The molecule has 158 valence electrons. The van der Waals surface area contributed by atoms with Crippen molar-refractivity contribution < 1.29 is 14.1 Å². The van der Waals surface area contributed by atoms with Gasteiger partial charge in [0.05, 0.1) is 6.20 Å². The second kappa shape index (κ2) is 8.19. The minimum absolute atomic E-state index is 0.143. The van der Waals surface area contributed by atoms with E-state index in [0.29, 0.717) is 29.8 Å². The molecule has 1 aliphatic rings. The Morgan fingerprint density at radius 3 is 3.03 bits per heavy atom. The lowest BCUT2D eigenvalue weighted by Crippen LogP contribution is -2.15. The average molecular weight is 418 g/mol. The number of hydrogen-bond donors (Lipinski definition) is 2. The molecule has 0 spiro atoms. The number of ether oxygens (including phenoxy) is 1. The van der Waals surface area contributed by atoms with Gasteiger partial charge in [0, 0.05) is 24.2 Å². The lowest BCUT2D eigenvalue weighted by atomic mass is 10.1. The molecule has 0 bridgehead atoms. The zero-order valence-corrected chi connectivity index (χ0v) is 17.0. The van der Waals surface area contributed by atoms with Crippen molar-refractivity contribution >= 4 is 28.9 Å². The Labute approximate surface area is 178 Å². The summed E-state index contributed by atoms with van der Waals surface area (Å²) in [6.07, 6.45) is 6.26. The number of imidazole rings is 1. The number of rotatable bonds is 5. The van der Waals surface area contributed by atoms with Crippen molar-refractivity contribution in [2.75, 3.05) is 17.2 Å². The summed E-state index contributed by atoms with van der Waals surface area (Å²) < 4.78 is 12.8. The Morgan fingerprint density at radius 2 is 2.16 bits per heavy atom. The highest BCUT2D eigenvalue weighted by Gasteiger charge is 2.22. The third kappa shape index (κ3) is 3.99. The number of hydrogen-bond acceptors (Lipinski definition) is 7. The van der Waals surface area contributed by atoms with Crippen LogP contribution < -0.4 is 10.6 Å². The molecule has 1 amide bonds. The molecule has 9 nitrogen and oxygen atoms in total. The highest BCUT2D eigenvalue weighted by molar-refractivity contribution is 6.04. The van der Waals surface area contributed by atoms with E-state index < -0.39 is 0 Å². The maximum Gasteiger partial charge on any atom is 0.274 e. The van der Waals surface area contributed by atoms with Crippen molar-refractivity contribution in [3.05, 3.63) is 65.9 Å². The number of pyridine rings is 1. The summed E-state index contributed by atoms with van der Waals surface area (Å²) in [6, 6.07) is 11.2. The van der Waals surface area contributed by atoms with Crippen molar-refractivity contribution in [3.63, 3.8) is 0 Å². The standard InChI is InChI=1S/C22H22N6O3/c1-14-8-9-15(24-22-26-21(31-27-22)18-6-3-5-11-30-18)12-16(14)25-20(29)17-13-23-19-7-2-4-10-28(17)19/h2,4,7-10,12-13,18H,3,5-6,11H2,1H3,(H,24,27)(H,25,29). The van der Waals surface area contributed by atoms with E-state index in [9.17, 15) is 4.79 Å². The van der Waals surface area contributed by atoms with Gasteiger partial charge in [-0.3, -0.25) is 9.20 Å². The molecule has 5 rings (SSSR count). The summed E-state index contributed by atoms with van der Waals surface area (Å²) in [5.74, 6) is 0.595. The fourth-order valence-electron chi connectivity index (χ4n) is 3.60. The Morgan fingerprint density at radius 1 is 1.23 bits per heavy atom. The minimum Gasteiger partial charge on any atom is -0.368 e. The third-order valence-corrected chi connectivity index (χ3v) is 5.29. The number of anilines is 3. The quantitative estimate of drug-likeness (QED) is 0.499. The minimum atomic E-state index is -0.241. The molecule has 1 unspecified atom stereocenters. The summed E-state index contributed by atoms with van der Waals surface area (Å²) in [5, 5.41) is 10.1. The van der Waals surface area contributed by atoms with Gasteiger partial charge in [-0.2, -0.15) is 4.98 Å². The topological polar surface area (TPSA) is 107 Å². The van der Waals surface area contributed by atoms with E-state index in [0.717, 1.165) is 36.2 Å². The van der Waals surface area contributed by atoms with Gasteiger partial charge in [-0.15, -0.1) is 0 Å². The van der Waals surface area contributed by atoms with Crippen LogP contribution in [0.5, 0.6) is 0 Å². The summed E-state index contributed by atoms with van der Waals surface area (Å²) in [7, 11) is 0. The lowest BCUT2D eigenvalue weighted by molar-refractivity contribution is -0.00459. The first-order valence-electron chi connectivity index (χ1n) is 10.2. The third-order valence-electron chi connectivity index (χ3n) is 5.29. The molecule has 1 aliphatic heterocycles. The van der Waals surface area contributed by atoms with Crippen LogP contribution in [0.1, 0.15) is 47.3 Å². The normalized spacial score (nSPS) is 16.4. The number of carbonyl (C=O) groups is 1. The van der Waals surface area contributed by atoms with Crippen LogP contribution in [0.2, 0.25) is 0 Å². The molecule has 0 aliphatic carbocycles. The molecule has 2 N–H and O–H groups in total. The Hall–Kier alpha value is -3.72. The number of aromatic nitrogens is 4. The molecular formula is C22H22N6O3. The highest BCUT2D eigenvalue weighted by Crippen LogP contribution is 2.28. The van der Waals surface area contributed by atoms with Gasteiger partial charge in [-0.05, 0) is 61.2 Å². The highest BCUT2D eigenvalue weighted by atomic mass is 16.5. The smallest absolute Gasteiger partial charge is 0.274 e. The van der Waals surface area contributed by atoms with Crippen LogP contribution in [0.25, 0.3) is 5.65 Å². The van der Waals surface area contributed by atoms with Crippen molar-refractivity contribution in [2.45, 2.75) is 32.3 Å².